The summed E-state index contributed by atoms with van der Waals surface area (Å²) in [4.78, 5) is 12.4. The van der Waals surface area contributed by atoms with Crippen LogP contribution in [0.4, 0.5) is 5.69 Å². The lowest BCUT2D eigenvalue weighted by Gasteiger charge is -2.26. The van der Waals surface area contributed by atoms with E-state index in [1.807, 2.05) is 6.92 Å². The predicted octanol–water partition coefficient (Wildman–Crippen LogP) is 4.66. The first-order valence-electron chi connectivity index (χ1n) is 7.75. The van der Waals surface area contributed by atoms with Crippen LogP contribution in [0.25, 0.3) is 0 Å². The fourth-order valence-corrected chi connectivity index (χ4v) is 2.23. The van der Waals surface area contributed by atoms with Crippen LogP contribution in [0.3, 0.4) is 0 Å². The van der Waals surface area contributed by atoms with E-state index in [1.165, 1.54) is 0 Å². The minimum absolute atomic E-state index is 0.165. The Hall–Kier alpha value is -1.26. The summed E-state index contributed by atoms with van der Waals surface area (Å²) in [7, 11) is 1.56. The molecule has 4 nitrogen and oxygen atoms in total. The van der Waals surface area contributed by atoms with E-state index in [4.69, 9.17) is 21.1 Å². The Labute approximate surface area is 138 Å². The standard InChI is InChI=1S/C17H26ClNO3/c1-5-7-10-17(3,21-4)16(20)19-13-8-9-15(14(18)12-13)22-11-6-2/h8-9,12H,5-7,10-11H2,1-4H3,(H,19,20)/t17-/m1/s1. The Morgan fingerprint density at radius 1 is 1.32 bits per heavy atom. The SMILES string of the molecule is CCCC[C@@](C)(OC)C(=O)Nc1ccc(OCCC)c(Cl)c1. The lowest BCUT2D eigenvalue weighted by molar-refractivity contribution is -0.136. The zero-order chi connectivity index (χ0) is 16.6. The van der Waals surface area contributed by atoms with Gasteiger partial charge in [0.1, 0.15) is 11.4 Å². The fraction of sp³-hybridized carbons (Fsp3) is 0.588. The van der Waals surface area contributed by atoms with E-state index >= 15 is 0 Å². The molecule has 1 N–H and O–H groups in total. The second kappa shape index (κ2) is 9.01. The van der Waals surface area contributed by atoms with Gasteiger partial charge in [0, 0.05) is 12.8 Å². The summed E-state index contributed by atoms with van der Waals surface area (Å²) in [5.74, 6) is 0.462. The van der Waals surface area contributed by atoms with Crippen molar-refractivity contribution < 1.29 is 14.3 Å². The van der Waals surface area contributed by atoms with Gasteiger partial charge in [-0.15, -0.1) is 0 Å². The largest absolute Gasteiger partial charge is 0.492 e. The molecular formula is C17H26ClNO3. The number of anilines is 1. The van der Waals surface area contributed by atoms with Crippen LogP contribution in [-0.2, 0) is 9.53 Å². The zero-order valence-corrected chi connectivity index (χ0v) is 14.6. The number of unbranched alkanes of at least 4 members (excludes halogenated alkanes) is 1. The second-order valence-electron chi connectivity index (χ2n) is 5.49. The van der Waals surface area contributed by atoms with Gasteiger partial charge < -0.3 is 14.8 Å². The van der Waals surface area contributed by atoms with Crippen molar-refractivity contribution in [3.05, 3.63) is 23.2 Å². The lowest BCUT2D eigenvalue weighted by atomic mass is 9.97. The van der Waals surface area contributed by atoms with Gasteiger partial charge in [0.25, 0.3) is 5.91 Å². The number of nitrogens with one attached hydrogen (secondary N) is 1. The van der Waals surface area contributed by atoms with Crippen molar-refractivity contribution in [2.24, 2.45) is 0 Å². The topological polar surface area (TPSA) is 47.6 Å². The highest BCUT2D eigenvalue weighted by Crippen LogP contribution is 2.29. The fourth-order valence-electron chi connectivity index (χ4n) is 1.99. The molecule has 0 aliphatic heterocycles. The summed E-state index contributed by atoms with van der Waals surface area (Å²) in [6.45, 7) is 6.54. The van der Waals surface area contributed by atoms with Crippen LogP contribution >= 0.6 is 11.6 Å². The van der Waals surface area contributed by atoms with Gasteiger partial charge in [-0.25, -0.2) is 0 Å². The third-order valence-electron chi connectivity index (χ3n) is 3.59. The maximum atomic E-state index is 12.4. The number of ether oxygens (including phenoxy) is 2. The molecule has 1 atom stereocenters. The maximum Gasteiger partial charge on any atom is 0.256 e. The first-order chi connectivity index (χ1) is 10.5. The van der Waals surface area contributed by atoms with Crippen LogP contribution in [0.2, 0.25) is 5.02 Å². The van der Waals surface area contributed by atoms with Crippen LogP contribution in [0.5, 0.6) is 5.75 Å². The van der Waals surface area contributed by atoms with Gasteiger partial charge in [-0.2, -0.15) is 0 Å². The van der Waals surface area contributed by atoms with Gasteiger partial charge in [-0.3, -0.25) is 4.79 Å². The van der Waals surface area contributed by atoms with Gasteiger partial charge in [-0.05, 0) is 38.0 Å². The third kappa shape index (κ3) is 5.18. The van der Waals surface area contributed by atoms with E-state index in [-0.39, 0.29) is 5.91 Å². The van der Waals surface area contributed by atoms with Gasteiger partial charge in [0.2, 0.25) is 0 Å². The van der Waals surface area contributed by atoms with Crippen molar-refractivity contribution in [1.82, 2.24) is 0 Å². The summed E-state index contributed by atoms with van der Waals surface area (Å²) >= 11 is 6.17. The molecule has 124 valence electrons. The number of hydrogen-bond acceptors (Lipinski definition) is 3. The smallest absolute Gasteiger partial charge is 0.256 e. The Morgan fingerprint density at radius 2 is 2.05 bits per heavy atom. The van der Waals surface area contributed by atoms with Crippen molar-refractivity contribution in [1.29, 1.82) is 0 Å². The second-order valence-corrected chi connectivity index (χ2v) is 5.89. The van der Waals surface area contributed by atoms with Gasteiger partial charge in [0.05, 0.1) is 11.6 Å². The van der Waals surface area contributed by atoms with Gasteiger partial charge in [-0.1, -0.05) is 38.3 Å². The number of halogens is 1. The minimum Gasteiger partial charge on any atom is -0.492 e. The van der Waals surface area contributed by atoms with Crippen LogP contribution in [0.1, 0.15) is 46.5 Å². The van der Waals surface area contributed by atoms with Crippen LogP contribution < -0.4 is 10.1 Å². The van der Waals surface area contributed by atoms with Crippen molar-refractivity contribution in [2.75, 3.05) is 19.0 Å². The number of amides is 1. The van der Waals surface area contributed by atoms with E-state index in [0.29, 0.717) is 29.5 Å². The summed E-state index contributed by atoms with van der Waals surface area (Å²) in [6.07, 6.45) is 3.54. The lowest BCUT2D eigenvalue weighted by Crippen LogP contribution is -2.41. The maximum absolute atomic E-state index is 12.4. The predicted molar refractivity (Wildman–Crippen MR) is 90.8 cm³/mol. The Morgan fingerprint density at radius 3 is 2.59 bits per heavy atom. The molecule has 1 aromatic rings. The summed E-state index contributed by atoms with van der Waals surface area (Å²) in [6, 6.07) is 5.24. The van der Waals surface area contributed by atoms with E-state index in [2.05, 4.69) is 12.2 Å². The Kier molecular flexibility index (Phi) is 7.69. The van der Waals surface area contributed by atoms with Crippen molar-refractivity contribution in [2.45, 2.75) is 52.1 Å². The first-order valence-corrected chi connectivity index (χ1v) is 8.13. The number of rotatable bonds is 9. The molecule has 0 saturated carbocycles. The van der Waals surface area contributed by atoms with Crippen LogP contribution in [-0.4, -0.2) is 25.2 Å². The monoisotopic (exact) mass is 327 g/mol. The number of methoxy groups -OCH3 is 1. The summed E-state index contributed by atoms with van der Waals surface area (Å²) in [5.41, 5.74) is -0.196. The van der Waals surface area contributed by atoms with Gasteiger partial charge in [0.15, 0.2) is 0 Å². The molecule has 0 bridgehead atoms. The average molecular weight is 328 g/mol. The number of hydrogen-bond donors (Lipinski definition) is 1. The van der Waals surface area contributed by atoms with Crippen LogP contribution in [0.15, 0.2) is 18.2 Å². The van der Waals surface area contributed by atoms with E-state index in [0.717, 1.165) is 19.3 Å². The van der Waals surface area contributed by atoms with Crippen LogP contribution in [0, 0.1) is 0 Å². The molecule has 0 aliphatic carbocycles. The zero-order valence-electron chi connectivity index (χ0n) is 13.9. The Balaban J connectivity index is 2.76. The molecule has 0 fully saturated rings. The van der Waals surface area contributed by atoms with Crippen molar-refractivity contribution in [3.8, 4) is 5.75 Å². The molecule has 0 aromatic heterocycles. The molecular weight excluding hydrogens is 302 g/mol. The molecule has 5 heteroatoms. The molecule has 0 heterocycles. The summed E-state index contributed by atoms with van der Waals surface area (Å²) in [5, 5.41) is 3.35. The minimum atomic E-state index is -0.833. The molecule has 1 amide bonds. The van der Waals surface area contributed by atoms with E-state index in [1.54, 1.807) is 32.2 Å². The quantitative estimate of drug-likeness (QED) is 0.717. The number of carbonyl (C=O) groups excluding carboxylic acids is 1. The van der Waals surface area contributed by atoms with Crippen molar-refractivity contribution >= 4 is 23.2 Å². The molecule has 0 aliphatic rings. The number of benzene rings is 1. The average Bonchev–Trinajstić information content (AvgIpc) is 2.51. The van der Waals surface area contributed by atoms with E-state index in [9.17, 15) is 4.79 Å². The highest BCUT2D eigenvalue weighted by Gasteiger charge is 2.32. The highest BCUT2D eigenvalue weighted by atomic mass is 35.5. The summed E-state index contributed by atoms with van der Waals surface area (Å²) < 4.78 is 10.9. The molecule has 1 aromatic carbocycles. The molecule has 1 rings (SSSR count). The highest BCUT2D eigenvalue weighted by molar-refractivity contribution is 6.32. The third-order valence-corrected chi connectivity index (χ3v) is 3.89. The van der Waals surface area contributed by atoms with Crippen molar-refractivity contribution in [3.63, 3.8) is 0 Å². The normalized spacial score (nSPS) is 13.5. The molecule has 0 spiro atoms. The van der Waals surface area contributed by atoms with Gasteiger partial charge >= 0.3 is 0 Å². The molecule has 22 heavy (non-hydrogen) atoms. The molecule has 0 radical (unpaired) electrons. The Bertz CT molecular complexity index is 493. The number of carbonyl (C=O) groups is 1. The first kappa shape index (κ1) is 18.8. The molecule has 0 saturated heterocycles. The van der Waals surface area contributed by atoms with E-state index < -0.39 is 5.60 Å². The molecule has 0 unspecified atom stereocenters.